The van der Waals surface area contributed by atoms with Crippen LogP contribution < -0.4 is 0 Å². The first kappa shape index (κ1) is 19.5. The molecule has 0 aromatic heterocycles. The Hall–Kier alpha value is -0.490. The van der Waals surface area contributed by atoms with Gasteiger partial charge in [-0.15, -0.1) is 17.3 Å². The van der Waals surface area contributed by atoms with E-state index >= 15 is 0 Å². The van der Waals surface area contributed by atoms with Crippen LogP contribution in [-0.2, 0) is 4.74 Å². The molecule has 0 saturated carbocycles. The second kappa shape index (κ2) is 18.5. The predicted octanol–water partition coefficient (Wildman–Crippen LogP) is 6.04. The van der Waals surface area contributed by atoms with Crippen LogP contribution in [0.4, 0.5) is 0 Å². The minimum atomic E-state index is 0.728. The Labute approximate surface area is 130 Å². The molecule has 0 atom stereocenters. The SMILES string of the molecule is CCCCCCCC=CCOCCC=C=CCCCCl. The van der Waals surface area contributed by atoms with Crippen molar-refractivity contribution in [2.75, 3.05) is 19.1 Å². The fraction of sp³-hybridized carbons (Fsp3) is 0.722. The molecule has 0 amide bonds. The van der Waals surface area contributed by atoms with Gasteiger partial charge in [0.1, 0.15) is 0 Å². The molecule has 0 fully saturated rings. The summed E-state index contributed by atoms with van der Waals surface area (Å²) in [4.78, 5) is 0. The molecule has 0 N–H and O–H groups in total. The number of hydrogen-bond donors (Lipinski definition) is 0. The van der Waals surface area contributed by atoms with E-state index in [1.165, 1.54) is 38.5 Å². The molecule has 0 aliphatic rings. The van der Waals surface area contributed by atoms with Gasteiger partial charge in [-0.3, -0.25) is 0 Å². The largest absolute Gasteiger partial charge is 0.377 e. The van der Waals surface area contributed by atoms with E-state index in [0.29, 0.717) is 0 Å². The summed E-state index contributed by atoms with van der Waals surface area (Å²) in [6, 6.07) is 0. The van der Waals surface area contributed by atoms with E-state index in [1.54, 1.807) is 0 Å². The number of ether oxygens (including phenoxy) is 1. The highest BCUT2D eigenvalue weighted by Crippen LogP contribution is 2.05. The monoisotopic (exact) mass is 298 g/mol. The lowest BCUT2D eigenvalue weighted by molar-refractivity contribution is 0.167. The van der Waals surface area contributed by atoms with Gasteiger partial charge in [0.05, 0.1) is 13.2 Å². The summed E-state index contributed by atoms with van der Waals surface area (Å²) >= 11 is 5.58. The van der Waals surface area contributed by atoms with E-state index < -0.39 is 0 Å². The van der Waals surface area contributed by atoms with Crippen LogP contribution in [0.2, 0.25) is 0 Å². The van der Waals surface area contributed by atoms with Crippen LogP contribution in [-0.4, -0.2) is 19.1 Å². The van der Waals surface area contributed by atoms with Gasteiger partial charge in [-0.2, -0.15) is 0 Å². The Morgan fingerprint density at radius 1 is 0.900 bits per heavy atom. The zero-order chi connectivity index (χ0) is 14.7. The second-order valence-corrected chi connectivity index (χ2v) is 5.32. The Bertz CT molecular complexity index is 265. The highest BCUT2D eigenvalue weighted by Gasteiger charge is 1.86. The van der Waals surface area contributed by atoms with E-state index in [0.717, 1.165) is 38.4 Å². The third-order valence-electron chi connectivity index (χ3n) is 2.98. The quantitative estimate of drug-likeness (QED) is 0.164. The molecule has 0 spiro atoms. The van der Waals surface area contributed by atoms with Gasteiger partial charge in [-0.25, -0.2) is 0 Å². The number of alkyl halides is 1. The normalized spacial score (nSPS) is 10.7. The lowest BCUT2D eigenvalue weighted by Crippen LogP contribution is -1.92. The van der Waals surface area contributed by atoms with Crippen molar-refractivity contribution >= 4 is 11.6 Å². The standard InChI is InChI=1S/C18H31ClO/c1-2-3-4-5-6-8-11-14-17-20-18-15-12-9-7-10-13-16-19/h7,11-12,14H,2-6,8,10,13,15-18H2,1H3. The smallest absolute Gasteiger partial charge is 0.0647 e. The van der Waals surface area contributed by atoms with Crippen molar-refractivity contribution in [3.63, 3.8) is 0 Å². The van der Waals surface area contributed by atoms with Crippen LogP contribution in [0.15, 0.2) is 30.0 Å². The molecular formula is C18H31ClO. The maximum atomic E-state index is 5.58. The minimum Gasteiger partial charge on any atom is -0.377 e. The van der Waals surface area contributed by atoms with Crippen LogP contribution in [0.3, 0.4) is 0 Å². The molecule has 0 heterocycles. The van der Waals surface area contributed by atoms with E-state index in [1.807, 2.05) is 12.2 Å². The van der Waals surface area contributed by atoms with Gasteiger partial charge in [0.2, 0.25) is 0 Å². The summed E-state index contributed by atoms with van der Waals surface area (Å²) in [6.07, 6.45) is 19.4. The van der Waals surface area contributed by atoms with Crippen molar-refractivity contribution in [3.8, 4) is 0 Å². The van der Waals surface area contributed by atoms with E-state index in [9.17, 15) is 0 Å². The average molecular weight is 299 g/mol. The Balaban J connectivity index is 3.21. The van der Waals surface area contributed by atoms with Crippen molar-refractivity contribution in [2.24, 2.45) is 0 Å². The molecule has 0 unspecified atom stereocenters. The van der Waals surface area contributed by atoms with E-state index in [4.69, 9.17) is 16.3 Å². The lowest BCUT2D eigenvalue weighted by atomic mass is 10.1. The van der Waals surface area contributed by atoms with Gasteiger partial charge in [-0.1, -0.05) is 44.8 Å². The van der Waals surface area contributed by atoms with Crippen LogP contribution in [0.5, 0.6) is 0 Å². The van der Waals surface area contributed by atoms with E-state index in [2.05, 4.69) is 24.8 Å². The molecule has 0 aliphatic heterocycles. The van der Waals surface area contributed by atoms with Crippen molar-refractivity contribution in [3.05, 3.63) is 30.0 Å². The second-order valence-electron chi connectivity index (χ2n) is 4.94. The first-order valence-electron chi connectivity index (χ1n) is 8.10. The summed E-state index contributed by atoms with van der Waals surface area (Å²) in [7, 11) is 0. The van der Waals surface area contributed by atoms with Gasteiger partial charge < -0.3 is 4.74 Å². The maximum absolute atomic E-state index is 5.58. The van der Waals surface area contributed by atoms with Crippen molar-refractivity contribution in [1.29, 1.82) is 0 Å². The summed E-state index contributed by atoms with van der Waals surface area (Å²) < 4.78 is 5.51. The third kappa shape index (κ3) is 17.5. The fourth-order valence-electron chi connectivity index (χ4n) is 1.77. The van der Waals surface area contributed by atoms with Crippen LogP contribution in [0.25, 0.3) is 0 Å². The highest BCUT2D eigenvalue weighted by molar-refractivity contribution is 6.17. The molecular weight excluding hydrogens is 268 g/mol. The molecule has 0 radical (unpaired) electrons. The van der Waals surface area contributed by atoms with Gasteiger partial charge >= 0.3 is 0 Å². The van der Waals surface area contributed by atoms with E-state index in [-0.39, 0.29) is 0 Å². The number of hydrogen-bond acceptors (Lipinski definition) is 1. The lowest BCUT2D eigenvalue weighted by Gasteiger charge is -1.97. The summed E-state index contributed by atoms with van der Waals surface area (Å²) in [5.74, 6) is 0.728. The first-order chi connectivity index (χ1) is 9.91. The highest BCUT2D eigenvalue weighted by atomic mass is 35.5. The van der Waals surface area contributed by atoms with Gasteiger partial charge in [-0.05, 0) is 44.3 Å². The number of unbranched alkanes of at least 4 members (excludes halogenated alkanes) is 6. The fourth-order valence-corrected chi connectivity index (χ4v) is 1.93. The maximum Gasteiger partial charge on any atom is 0.0647 e. The topological polar surface area (TPSA) is 9.23 Å². The van der Waals surface area contributed by atoms with Crippen LogP contribution in [0.1, 0.15) is 64.7 Å². The molecule has 1 nitrogen and oxygen atoms in total. The first-order valence-corrected chi connectivity index (χ1v) is 8.63. The van der Waals surface area contributed by atoms with Crippen molar-refractivity contribution < 1.29 is 4.74 Å². The molecule has 0 aromatic carbocycles. The average Bonchev–Trinajstić information content (AvgIpc) is 2.47. The molecule has 0 bridgehead atoms. The summed E-state index contributed by atoms with van der Waals surface area (Å²) in [5.41, 5.74) is 3.15. The van der Waals surface area contributed by atoms with Crippen molar-refractivity contribution in [1.82, 2.24) is 0 Å². The van der Waals surface area contributed by atoms with Crippen molar-refractivity contribution in [2.45, 2.75) is 64.7 Å². The molecule has 20 heavy (non-hydrogen) atoms. The Morgan fingerprint density at radius 2 is 1.70 bits per heavy atom. The summed E-state index contributed by atoms with van der Waals surface area (Å²) in [5, 5.41) is 0. The predicted molar refractivity (Wildman–Crippen MR) is 90.6 cm³/mol. The molecule has 0 aromatic rings. The number of halogens is 1. The molecule has 116 valence electrons. The Kier molecular flexibility index (Phi) is 18.1. The summed E-state index contributed by atoms with van der Waals surface area (Å²) in [6.45, 7) is 3.76. The molecule has 0 saturated heterocycles. The minimum absolute atomic E-state index is 0.728. The molecule has 2 heteroatoms. The zero-order valence-corrected chi connectivity index (χ0v) is 13.8. The van der Waals surface area contributed by atoms with Gasteiger partial charge in [0, 0.05) is 5.88 Å². The van der Waals surface area contributed by atoms with Crippen LogP contribution in [0, 0.1) is 0 Å². The third-order valence-corrected chi connectivity index (χ3v) is 3.25. The molecule has 0 rings (SSSR count). The van der Waals surface area contributed by atoms with Gasteiger partial charge in [0.15, 0.2) is 0 Å². The van der Waals surface area contributed by atoms with Crippen LogP contribution >= 0.6 is 11.6 Å². The molecule has 0 aliphatic carbocycles. The van der Waals surface area contributed by atoms with Gasteiger partial charge in [0.25, 0.3) is 0 Å². The Morgan fingerprint density at radius 3 is 2.50 bits per heavy atom. The number of allylic oxidation sites excluding steroid dienone is 1. The number of rotatable bonds is 14. The zero-order valence-electron chi connectivity index (χ0n) is 13.1.